The molecule has 0 N–H and O–H groups in total. The molecule has 10 saturated heterocycles. The van der Waals surface area contributed by atoms with Crippen molar-refractivity contribution in [3.05, 3.63) is 48.6 Å². The Kier molecular flexibility index (Phi) is 22.4. The van der Waals surface area contributed by atoms with E-state index in [0.717, 1.165) is 47.0 Å². The molecule has 20 unspecified atom stereocenters. The maximum atomic E-state index is 12.0. The Bertz CT molecular complexity index is 3460. The minimum atomic E-state index is -3.69. The molecule has 12 aliphatic rings. The monoisotopic (exact) mass is 1470 g/mol. The maximum absolute atomic E-state index is 12.0. The van der Waals surface area contributed by atoms with Gasteiger partial charge in [-0.25, -0.2) is 9.59 Å². The fraction of sp³-hybridized carbons (Fsp3) is 0.685. The van der Waals surface area contributed by atoms with E-state index in [1.54, 1.807) is 20.8 Å². The number of carbonyl (C=O) groups is 9. The van der Waals surface area contributed by atoms with Crippen LogP contribution in [0.25, 0.3) is 0 Å². The van der Waals surface area contributed by atoms with Crippen LogP contribution in [0.15, 0.2) is 48.6 Å². The molecule has 0 aromatic carbocycles. The second-order valence-electron chi connectivity index (χ2n) is 23.7. The second kappa shape index (κ2) is 28.4. The summed E-state index contributed by atoms with van der Waals surface area (Å²) >= 11 is 4.97. The Labute approximate surface area is 551 Å². The molecule has 20 atom stereocenters. The molecule has 10 heterocycles. The number of ether oxygens (including phenoxy) is 8. The molecule has 2 aliphatic carbocycles. The zero-order chi connectivity index (χ0) is 67.5. The van der Waals surface area contributed by atoms with Crippen LogP contribution in [0, 0.1) is 11.3 Å². The third kappa shape index (κ3) is 15.6. The molecule has 0 aromatic heterocycles. The molecule has 0 amide bonds. The lowest BCUT2D eigenvalue weighted by molar-refractivity contribution is -0.165. The van der Waals surface area contributed by atoms with Crippen LogP contribution in [-0.2, 0) is 138 Å². The van der Waals surface area contributed by atoms with E-state index in [9.17, 15) is 76.8 Å². The van der Waals surface area contributed by atoms with Crippen molar-refractivity contribution in [2.75, 3.05) is 42.8 Å². The summed E-state index contributed by atoms with van der Waals surface area (Å²) in [4.78, 5) is 104. The summed E-state index contributed by atoms with van der Waals surface area (Å²) in [6.45, 7) is 21.6. The van der Waals surface area contributed by atoms with E-state index in [1.807, 2.05) is 6.92 Å². The molecule has 0 spiro atoms. The Hall–Kier alpha value is -3.74. The van der Waals surface area contributed by atoms with Crippen LogP contribution in [0.5, 0.6) is 0 Å². The van der Waals surface area contributed by atoms with E-state index in [2.05, 4.69) is 26.3 Å². The number of hydrogen-bond donors (Lipinski definition) is 0. The van der Waals surface area contributed by atoms with Crippen molar-refractivity contribution in [3.63, 3.8) is 0 Å². The van der Waals surface area contributed by atoms with Crippen LogP contribution in [0.4, 0.5) is 0 Å². The second-order valence-corrected chi connectivity index (χ2v) is 36.2. The normalized spacial score (nSPS) is 36.9. The first-order chi connectivity index (χ1) is 42.9. The Morgan fingerprint density at radius 1 is 0.478 bits per heavy atom. The van der Waals surface area contributed by atoms with Crippen LogP contribution in [-0.4, -0.2) is 232 Å². The largest absolute Gasteiger partial charge is 0.458 e. The van der Waals surface area contributed by atoms with Gasteiger partial charge < -0.3 is 37.9 Å². The standard InChI is InChI=1S/C16H22O7S2.C14H16O9S2.C12H14O7S2.C12H14O6S3/c1-9(2)15(18)24-5-4-21-8-12(17)22-14-13-10-6-16(14,3)7-11(10)25(19,20)23-13;1-6(2)14(17)24-5-10(16)20-4-9(15)22-11-7-3-8-12(21-7)13(11)23-25(8,18)19;1-5(2)12(14)20-4-8(13)18-9-6-3-7-10(17-6)11(9)19-21(7,15)16;1-5(2)12(14)19-4-8(13)17-9-6-3-7-11(20-6)10(9)18-21(7,15)16/h10-11,13-14H,1,4-8H2,2-3H3;7-8,11-13H,1,3-5H2,2H3;2*6-7,9-11H,1,3-4H2,2H3. The highest BCUT2D eigenvalue weighted by molar-refractivity contribution is 8.15. The zero-order valence-electron chi connectivity index (χ0n) is 49.8. The first-order valence-corrected chi connectivity index (χ1v) is 39.2. The van der Waals surface area contributed by atoms with Gasteiger partial charge in [0.25, 0.3) is 40.5 Å². The van der Waals surface area contributed by atoms with Crippen molar-refractivity contribution in [1.29, 1.82) is 0 Å². The SMILES string of the molecule is C=C(C)C(=O)SCC(=O)OC1C2CC3C(O2)C1OS3(=O)=O.C=C(C)C(=O)SCC(=O)OC1C2CC3C(S2)C1OS3(=O)=O.C=C(C)C(=O)SCC(=O)OCC(=O)OC1C2CC3C(O2)C1OS3(=O)=O.C=C(C)C(=O)SCCOCC(=O)OC1C2OS(=O)(=O)C3CC1(C)CC23. The van der Waals surface area contributed by atoms with Gasteiger partial charge in [-0.05, 0) is 82.1 Å². The lowest BCUT2D eigenvalue weighted by atomic mass is 9.82. The van der Waals surface area contributed by atoms with Gasteiger partial charge in [-0.3, -0.25) is 50.3 Å². The van der Waals surface area contributed by atoms with E-state index in [-0.39, 0.29) is 85.6 Å². The molecule has 10 aliphatic heterocycles. The van der Waals surface area contributed by atoms with Gasteiger partial charge in [-0.15, -0.1) is 11.8 Å². The van der Waals surface area contributed by atoms with Crippen LogP contribution in [0.2, 0.25) is 0 Å². The van der Waals surface area contributed by atoms with Crippen molar-refractivity contribution in [3.8, 4) is 0 Å². The van der Waals surface area contributed by atoms with Gasteiger partial charge in [0.2, 0.25) is 20.5 Å². The predicted octanol–water partition coefficient (Wildman–Crippen LogP) is 1.54. The summed E-state index contributed by atoms with van der Waals surface area (Å²) in [5.74, 6) is -3.42. The van der Waals surface area contributed by atoms with Gasteiger partial charge in [0.1, 0.15) is 71.2 Å². The first-order valence-electron chi connectivity index (χ1n) is 28.4. The average molecular weight is 1470 g/mol. The topological polar surface area (TPSA) is 401 Å². The van der Waals surface area contributed by atoms with Crippen molar-refractivity contribution < 1.29 is 131 Å². The molecule has 0 aromatic rings. The molecule has 38 heteroatoms. The highest BCUT2D eigenvalue weighted by atomic mass is 32.2. The number of esters is 5. The minimum absolute atomic E-state index is 0.0342. The van der Waals surface area contributed by atoms with Crippen molar-refractivity contribution >= 4 is 150 Å². The van der Waals surface area contributed by atoms with Crippen LogP contribution < -0.4 is 0 Å². The summed E-state index contributed by atoms with van der Waals surface area (Å²) in [7, 11) is -14.4. The van der Waals surface area contributed by atoms with Crippen molar-refractivity contribution in [2.45, 2.75) is 171 Å². The molecule has 510 valence electrons. The van der Waals surface area contributed by atoms with Gasteiger partial charge in [-0.1, -0.05) is 80.3 Å². The fourth-order valence-electron chi connectivity index (χ4n) is 12.7. The van der Waals surface area contributed by atoms with Gasteiger partial charge in [0.05, 0.1) is 46.6 Å². The molecule has 0 radical (unpaired) electrons. The summed E-state index contributed by atoms with van der Waals surface area (Å²) < 4.78 is 157. The maximum Gasteiger partial charge on any atom is 0.344 e. The van der Waals surface area contributed by atoms with E-state index >= 15 is 0 Å². The number of rotatable bonds is 21. The Balaban J connectivity index is 0.000000145. The molecule has 8 bridgehead atoms. The highest BCUT2D eigenvalue weighted by Crippen LogP contribution is 2.62. The summed E-state index contributed by atoms with van der Waals surface area (Å²) in [5, 5.41) is -3.44. The molecule has 12 fully saturated rings. The van der Waals surface area contributed by atoms with Crippen molar-refractivity contribution in [2.24, 2.45) is 11.3 Å². The minimum Gasteiger partial charge on any atom is -0.458 e. The molecule has 2 saturated carbocycles. The number of hydrogen-bond acceptors (Lipinski definition) is 34. The number of carbonyl (C=O) groups excluding carboxylic acids is 9. The summed E-state index contributed by atoms with van der Waals surface area (Å²) in [5.41, 5.74) is 1.14. The zero-order valence-corrected chi connectivity index (χ0v) is 57.1. The predicted molar refractivity (Wildman–Crippen MR) is 328 cm³/mol. The smallest absolute Gasteiger partial charge is 0.344 e. The molecule has 92 heavy (non-hydrogen) atoms. The Morgan fingerprint density at radius 2 is 0.902 bits per heavy atom. The van der Waals surface area contributed by atoms with Gasteiger partial charge in [-0.2, -0.15) is 33.7 Å². The van der Waals surface area contributed by atoms with Gasteiger partial charge in [0, 0.05) is 22.3 Å². The van der Waals surface area contributed by atoms with E-state index in [0.29, 0.717) is 47.3 Å². The van der Waals surface area contributed by atoms with E-state index in [1.165, 1.54) is 18.7 Å². The van der Waals surface area contributed by atoms with Crippen LogP contribution in [0.1, 0.15) is 66.7 Å². The first kappa shape index (κ1) is 72.5. The average Bonchev–Trinajstić information content (AvgIpc) is 1.57. The lowest BCUT2D eigenvalue weighted by Crippen LogP contribution is -2.42. The fourth-order valence-corrected chi connectivity index (χ4v) is 24.4. The third-order valence-corrected chi connectivity index (χ3v) is 29.4. The highest BCUT2D eigenvalue weighted by Gasteiger charge is 2.72. The number of fused-ring (bicyclic) bond motifs is 4. The molecule has 12 rings (SSSR count). The van der Waals surface area contributed by atoms with E-state index in [4.69, 9.17) is 54.6 Å². The van der Waals surface area contributed by atoms with Crippen LogP contribution >= 0.6 is 58.8 Å². The molecular formula is C54H66O29S9. The van der Waals surface area contributed by atoms with Gasteiger partial charge in [0.15, 0.2) is 18.8 Å². The quantitative estimate of drug-likeness (QED) is 0.0517. The molecule has 29 nitrogen and oxygen atoms in total. The van der Waals surface area contributed by atoms with E-state index < -0.39 is 171 Å². The van der Waals surface area contributed by atoms with Gasteiger partial charge >= 0.3 is 29.8 Å². The Morgan fingerprint density at radius 3 is 1.41 bits per heavy atom. The third-order valence-electron chi connectivity index (χ3n) is 16.7. The van der Waals surface area contributed by atoms with Crippen LogP contribution in [0.3, 0.4) is 0 Å². The summed E-state index contributed by atoms with van der Waals surface area (Å²) in [6, 6.07) is 0. The molecular weight excluding hydrogens is 1400 g/mol. The van der Waals surface area contributed by atoms with Crippen molar-refractivity contribution in [1.82, 2.24) is 0 Å². The lowest BCUT2D eigenvalue weighted by Gasteiger charge is -2.32. The number of thioether (sulfide) groups is 5. The summed E-state index contributed by atoms with van der Waals surface area (Å²) in [6.07, 6.45) is -5.48.